The van der Waals surface area contributed by atoms with Crippen molar-refractivity contribution in [1.82, 2.24) is 4.90 Å². The zero-order valence-corrected chi connectivity index (χ0v) is 11.7. The van der Waals surface area contributed by atoms with Crippen molar-refractivity contribution < 1.29 is 9.50 Å². The molecule has 0 fully saturated rings. The highest BCUT2D eigenvalue weighted by Gasteiger charge is 2.10. The Hall–Kier alpha value is -1.77. The maximum Gasteiger partial charge on any atom is 0.115 e. The molecular weight excluding hydrogens is 241 g/mol. The van der Waals surface area contributed by atoms with E-state index in [2.05, 4.69) is 11.5 Å². The molecule has 0 aliphatic rings. The molecule has 0 saturated carbocycles. The largest absolute Gasteiger partial charge is 0.508 e. The van der Waals surface area contributed by atoms with Crippen molar-refractivity contribution in [1.29, 1.82) is 0 Å². The lowest BCUT2D eigenvalue weighted by molar-refractivity contribution is 0.385. The Labute approximate surface area is 114 Å². The van der Waals surface area contributed by atoms with Gasteiger partial charge in [-0.15, -0.1) is 0 Å². The fraction of sp³-hybridized carbons (Fsp3) is 0.375. The summed E-state index contributed by atoms with van der Waals surface area (Å²) in [6.45, 7) is 8.19. The number of aromatic hydroxyl groups is 1. The quantitative estimate of drug-likeness (QED) is 0.789. The van der Waals surface area contributed by atoms with Crippen LogP contribution in [0.3, 0.4) is 0 Å². The molecule has 0 heterocycles. The number of phenols is 1. The zero-order valence-electron chi connectivity index (χ0n) is 11.7. The van der Waals surface area contributed by atoms with Crippen molar-refractivity contribution >= 4 is 0 Å². The van der Waals surface area contributed by atoms with E-state index in [0.717, 1.165) is 17.0 Å². The molecule has 1 aromatic rings. The van der Waals surface area contributed by atoms with Crippen molar-refractivity contribution in [3.05, 3.63) is 53.9 Å². The number of benzene rings is 1. The summed E-state index contributed by atoms with van der Waals surface area (Å²) < 4.78 is 12.3. The van der Waals surface area contributed by atoms with Crippen molar-refractivity contribution in [2.24, 2.45) is 0 Å². The molecule has 1 N–H and O–H groups in total. The number of hydrogen-bond acceptors (Lipinski definition) is 2. The minimum absolute atomic E-state index is 0.255. The Bertz CT molecular complexity index is 454. The van der Waals surface area contributed by atoms with Gasteiger partial charge >= 0.3 is 0 Å². The molecule has 0 spiro atoms. The molecule has 1 aromatic carbocycles. The monoisotopic (exact) mass is 263 g/mol. The van der Waals surface area contributed by atoms with E-state index in [1.54, 1.807) is 12.1 Å². The number of phenolic OH excluding ortho intramolecular Hbond substituents is 1. The summed E-state index contributed by atoms with van der Waals surface area (Å²) in [6, 6.07) is 7.16. The zero-order chi connectivity index (χ0) is 14.3. The Morgan fingerprint density at radius 3 is 2.74 bits per heavy atom. The Balaban J connectivity index is 2.86. The summed E-state index contributed by atoms with van der Waals surface area (Å²) in [6.07, 6.45) is 3.20. The lowest BCUT2D eigenvalue weighted by Gasteiger charge is -2.28. The first-order chi connectivity index (χ1) is 9.08. The second kappa shape index (κ2) is 7.62. The molecule has 0 aliphatic heterocycles. The van der Waals surface area contributed by atoms with Gasteiger partial charge in [0.05, 0.1) is 6.67 Å². The summed E-state index contributed by atoms with van der Waals surface area (Å²) in [5, 5.41) is 9.50. The van der Waals surface area contributed by atoms with Gasteiger partial charge in [0, 0.05) is 17.9 Å². The molecule has 0 aromatic heterocycles. The Morgan fingerprint density at radius 2 is 2.21 bits per heavy atom. The van der Waals surface area contributed by atoms with Crippen LogP contribution in [0.4, 0.5) is 4.39 Å². The number of halogens is 1. The van der Waals surface area contributed by atoms with Crippen LogP contribution in [0.2, 0.25) is 0 Å². The highest BCUT2D eigenvalue weighted by atomic mass is 19.1. The second-order valence-electron chi connectivity index (χ2n) is 4.56. The van der Waals surface area contributed by atoms with Crippen LogP contribution in [0.25, 0.3) is 0 Å². The highest BCUT2D eigenvalue weighted by molar-refractivity contribution is 5.28. The predicted molar refractivity (Wildman–Crippen MR) is 77.4 cm³/mol. The van der Waals surface area contributed by atoms with Crippen LogP contribution in [-0.2, 0) is 6.54 Å². The average Bonchev–Trinajstić information content (AvgIpc) is 2.38. The lowest BCUT2D eigenvalue weighted by atomic mass is 10.1. The van der Waals surface area contributed by atoms with Gasteiger partial charge in [0.1, 0.15) is 5.75 Å². The lowest BCUT2D eigenvalue weighted by Crippen LogP contribution is -2.20. The van der Waals surface area contributed by atoms with E-state index in [1.165, 1.54) is 0 Å². The normalized spacial score (nSPS) is 11.4. The van der Waals surface area contributed by atoms with Gasteiger partial charge in [0.2, 0.25) is 0 Å². The maximum absolute atomic E-state index is 12.3. The van der Waals surface area contributed by atoms with E-state index in [-0.39, 0.29) is 12.4 Å². The molecule has 0 saturated heterocycles. The molecule has 0 unspecified atom stereocenters. The van der Waals surface area contributed by atoms with Gasteiger partial charge in [0.15, 0.2) is 0 Å². The summed E-state index contributed by atoms with van der Waals surface area (Å²) in [5.41, 5.74) is 2.98. The standard InChI is InChI=1S/C16H22FNO/c1-4-15(8-6-10-17)18(13(2)3)12-14-7-5-9-16(19)11-14/h4-5,7,9,11,19H,2,6,8,10,12H2,1,3H3/b15-4+. The van der Waals surface area contributed by atoms with Crippen LogP contribution in [-0.4, -0.2) is 16.7 Å². The molecule has 104 valence electrons. The van der Waals surface area contributed by atoms with Gasteiger partial charge in [-0.05, 0) is 44.4 Å². The predicted octanol–water partition coefficient (Wildman–Crippen LogP) is 4.38. The van der Waals surface area contributed by atoms with E-state index in [1.807, 2.05) is 32.1 Å². The van der Waals surface area contributed by atoms with E-state index >= 15 is 0 Å². The molecule has 19 heavy (non-hydrogen) atoms. The summed E-state index contributed by atoms with van der Waals surface area (Å²) in [4.78, 5) is 2.06. The van der Waals surface area contributed by atoms with Gasteiger partial charge in [0.25, 0.3) is 0 Å². The van der Waals surface area contributed by atoms with Gasteiger partial charge in [-0.1, -0.05) is 24.8 Å². The fourth-order valence-corrected chi connectivity index (χ4v) is 2.00. The first-order valence-corrected chi connectivity index (χ1v) is 6.50. The minimum atomic E-state index is -0.312. The van der Waals surface area contributed by atoms with Crippen LogP contribution >= 0.6 is 0 Å². The summed E-state index contributed by atoms with van der Waals surface area (Å²) in [7, 11) is 0. The molecule has 2 nitrogen and oxygen atoms in total. The van der Waals surface area contributed by atoms with Crippen molar-refractivity contribution in [2.45, 2.75) is 33.2 Å². The smallest absolute Gasteiger partial charge is 0.115 e. The van der Waals surface area contributed by atoms with Crippen LogP contribution in [0, 0.1) is 0 Å². The minimum Gasteiger partial charge on any atom is -0.508 e. The van der Waals surface area contributed by atoms with Crippen molar-refractivity contribution in [3.63, 3.8) is 0 Å². The first-order valence-electron chi connectivity index (χ1n) is 6.50. The summed E-state index contributed by atoms with van der Waals surface area (Å²) in [5.74, 6) is 0.255. The molecule has 0 radical (unpaired) electrons. The first kappa shape index (κ1) is 15.3. The van der Waals surface area contributed by atoms with Gasteiger partial charge in [-0.2, -0.15) is 0 Å². The second-order valence-corrected chi connectivity index (χ2v) is 4.56. The van der Waals surface area contributed by atoms with Crippen LogP contribution in [0.1, 0.15) is 32.3 Å². The average molecular weight is 263 g/mol. The van der Waals surface area contributed by atoms with Gasteiger partial charge < -0.3 is 10.0 Å². The third kappa shape index (κ3) is 4.78. The molecule has 0 bridgehead atoms. The molecule has 0 aliphatic carbocycles. The summed E-state index contributed by atoms with van der Waals surface area (Å²) >= 11 is 0. The number of allylic oxidation sites excluding steroid dienone is 3. The van der Waals surface area contributed by atoms with Crippen molar-refractivity contribution in [2.75, 3.05) is 6.67 Å². The number of hydrogen-bond donors (Lipinski definition) is 1. The van der Waals surface area contributed by atoms with Gasteiger partial charge in [-0.25, -0.2) is 0 Å². The Kier molecular flexibility index (Phi) is 6.13. The van der Waals surface area contributed by atoms with Crippen molar-refractivity contribution in [3.8, 4) is 5.75 Å². The van der Waals surface area contributed by atoms with E-state index in [0.29, 0.717) is 19.4 Å². The molecule has 1 rings (SSSR count). The SMILES string of the molecule is C=C(C)N(Cc1cccc(O)c1)/C(=C/C)CCCF. The fourth-order valence-electron chi connectivity index (χ4n) is 2.00. The Morgan fingerprint density at radius 1 is 1.47 bits per heavy atom. The van der Waals surface area contributed by atoms with E-state index in [9.17, 15) is 9.50 Å². The number of alkyl halides is 1. The van der Waals surface area contributed by atoms with Crippen LogP contribution in [0.15, 0.2) is 48.3 Å². The van der Waals surface area contributed by atoms with Gasteiger partial charge in [-0.3, -0.25) is 4.39 Å². The van der Waals surface area contributed by atoms with Crippen LogP contribution in [0.5, 0.6) is 5.75 Å². The third-order valence-electron chi connectivity index (χ3n) is 2.96. The molecule has 0 amide bonds. The van der Waals surface area contributed by atoms with Crippen LogP contribution < -0.4 is 0 Å². The topological polar surface area (TPSA) is 23.5 Å². The maximum atomic E-state index is 12.3. The molecule has 3 heteroatoms. The number of rotatable bonds is 7. The van der Waals surface area contributed by atoms with E-state index in [4.69, 9.17) is 0 Å². The molecular formula is C16H22FNO. The highest BCUT2D eigenvalue weighted by Crippen LogP contribution is 2.22. The van der Waals surface area contributed by atoms with E-state index < -0.39 is 0 Å². The third-order valence-corrected chi connectivity index (χ3v) is 2.96. The number of nitrogens with zero attached hydrogens (tertiary/aromatic N) is 1. The molecule has 0 atom stereocenters.